The van der Waals surface area contributed by atoms with Crippen LogP contribution in [-0.2, 0) is 25.4 Å². The molecule has 4 heterocycles. The zero-order valence-electron chi connectivity index (χ0n) is 32.6. The van der Waals surface area contributed by atoms with Crippen molar-refractivity contribution >= 4 is 18.0 Å². The van der Waals surface area contributed by atoms with Crippen LogP contribution in [0.4, 0.5) is 0 Å². The van der Waals surface area contributed by atoms with Crippen molar-refractivity contribution in [2.24, 2.45) is 10.8 Å². The van der Waals surface area contributed by atoms with Gasteiger partial charge in [0, 0.05) is 36.9 Å². The normalized spacial score (nSPS) is 28.3. The van der Waals surface area contributed by atoms with Crippen LogP contribution in [0.25, 0.3) is 6.08 Å². The first-order valence-electron chi connectivity index (χ1n) is 18.4. The molecule has 0 saturated carbocycles. The molecule has 7 atom stereocenters. The van der Waals surface area contributed by atoms with Crippen molar-refractivity contribution in [1.82, 2.24) is 9.97 Å². The van der Waals surface area contributed by atoms with E-state index >= 15 is 0 Å². The summed E-state index contributed by atoms with van der Waals surface area (Å²) in [6.45, 7) is 11.0. The van der Waals surface area contributed by atoms with E-state index in [0.717, 1.165) is 0 Å². The van der Waals surface area contributed by atoms with Crippen molar-refractivity contribution < 1.29 is 47.6 Å². The number of fused-ring (bicyclic) bond motifs is 5. The lowest BCUT2D eigenvalue weighted by Crippen LogP contribution is -2.42. The smallest absolute Gasteiger partial charge is 0.360 e. The highest BCUT2D eigenvalue weighted by Gasteiger charge is 2.40. The van der Waals surface area contributed by atoms with E-state index in [4.69, 9.17) is 27.8 Å². The van der Waals surface area contributed by atoms with Crippen LogP contribution < -0.4 is 0 Å². The Kier molecular flexibility index (Phi) is 15.7. The van der Waals surface area contributed by atoms with E-state index in [1.54, 1.807) is 49.6 Å². The molecule has 296 valence electrons. The number of esters is 2. The standard InChI is InChI=1S/C43H54N2O10/c1-8-18-34(46)42(3,4)36-23-14-12-10-11-13-20-29(50-7)26-39-45-31(28-52-39)41(49)55-37(43(5,6)35(47)19-9-2)24-17-22-33-32(53-33)21-15-16-25-38-44-30(27-51-38)40(48)54-36/h8-22,25,27-29,32-37,46-47H,23-24,26H2,1-7H3/b11-10+,14-12-,18-8+,19-9+,20-13+,21-15+,22-17-,25-16-/t29?,32-,33+,34?,35?,36?,37?/m0/s1. The second-order valence-corrected chi connectivity index (χ2v) is 14.5. The molecule has 12 nitrogen and oxygen atoms in total. The molecule has 2 aliphatic rings. The van der Waals surface area contributed by atoms with E-state index < -0.39 is 53.3 Å². The summed E-state index contributed by atoms with van der Waals surface area (Å²) in [6, 6.07) is 0. The zero-order valence-corrected chi connectivity index (χ0v) is 32.6. The quantitative estimate of drug-likeness (QED) is 0.165. The number of ether oxygens (including phenoxy) is 4. The number of carbonyl (C=O) groups excluding carboxylic acids is 2. The molecule has 55 heavy (non-hydrogen) atoms. The predicted octanol–water partition coefficient (Wildman–Crippen LogP) is 7.25. The van der Waals surface area contributed by atoms with Gasteiger partial charge in [-0.05, 0) is 13.8 Å². The summed E-state index contributed by atoms with van der Waals surface area (Å²) in [6.07, 6.45) is 28.0. The molecule has 1 saturated heterocycles. The van der Waals surface area contributed by atoms with Gasteiger partial charge in [-0.2, -0.15) is 0 Å². The van der Waals surface area contributed by atoms with Gasteiger partial charge in [-0.1, -0.05) is 119 Å². The summed E-state index contributed by atoms with van der Waals surface area (Å²) >= 11 is 0. The maximum atomic E-state index is 13.3. The lowest BCUT2D eigenvalue weighted by atomic mass is 9.79. The predicted molar refractivity (Wildman–Crippen MR) is 208 cm³/mol. The van der Waals surface area contributed by atoms with Crippen molar-refractivity contribution in [2.75, 3.05) is 7.11 Å². The molecule has 0 radical (unpaired) electrons. The van der Waals surface area contributed by atoms with E-state index in [1.165, 1.54) is 12.5 Å². The summed E-state index contributed by atoms with van der Waals surface area (Å²) in [4.78, 5) is 35.2. The first-order valence-corrected chi connectivity index (χ1v) is 18.4. The van der Waals surface area contributed by atoms with E-state index in [0.29, 0.717) is 18.7 Å². The molecule has 4 rings (SSSR count). The number of epoxide rings is 1. The third kappa shape index (κ3) is 12.3. The van der Waals surface area contributed by atoms with Crippen LogP contribution in [0.15, 0.2) is 113 Å². The minimum absolute atomic E-state index is 0.00780. The Balaban J connectivity index is 1.58. The van der Waals surface area contributed by atoms with Gasteiger partial charge in [0.2, 0.25) is 5.89 Å². The molecule has 0 spiro atoms. The number of nitrogens with zero attached hydrogens (tertiary/aromatic N) is 2. The largest absolute Gasteiger partial charge is 0.457 e. The number of aromatic nitrogens is 2. The molecule has 2 aromatic heterocycles. The van der Waals surface area contributed by atoms with Gasteiger partial charge in [-0.15, -0.1) is 0 Å². The van der Waals surface area contributed by atoms with Crippen LogP contribution in [0, 0.1) is 10.8 Å². The van der Waals surface area contributed by atoms with Gasteiger partial charge in [0.25, 0.3) is 0 Å². The molecule has 1 fully saturated rings. The molecule has 2 aromatic rings. The number of aliphatic hydroxyl groups excluding tert-OH is 2. The first-order chi connectivity index (χ1) is 26.3. The number of carbonyl (C=O) groups is 2. The molecule has 12 heteroatoms. The van der Waals surface area contributed by atoms with E-state index in [2.05, 4.69) is 9.97 Å². The highest BCUT2D eigenvalue weighted by atomic mass is 16.6. The van der Waals surface area contributed by atoms with Crippen molar-refractivity contribution in [3.05, 3.63) is 127 Å². The summed E-state index contributed by atoms with van der Waals surface area (Å²) in [5, 5.41) is 21.8. The van der Waals surface area contributed by atoms with Gasteiger partial charge in [-0.3, -0.25) is 0 Å². The minimum Gasteiger partial charge on any atom is -0.457 e. The summed E-state index contributed by atoms with van der Waals surface area (Å²) in [7, 11) is 1.56. The molecule has 0 aromatic carbocycles. The fourth-order valence-electron chi connectivity index (χ4n) is 5.68. The van der Waals surface area contributed by atoms with Gasteiger partial charge in [0.15, 0.2) is 17.3 Å². The van der Waals surface area contributed by atoms with Gasteiger partial charge in [0.1, 0.15) is 36.9 Å². The summed E-state index contributed by atoms with van der Waals surface area (Å²) in [5.74, 6) is -0.828. The van der Waals surface area contributed by atoms with Crippen molar-refractivity contribution in [3.8, 4) is 0 Å². The topological polar surface area (TPSA) is 167 Å². The van der Waals surface area contributed by atoms with E-state index in [9.17, 15) is 19.8 Å². The van der Waals surface area contributed by atoms with Gasteiger partial charge in [-0.25, -0.2) is 19.6 Å². The number of hydrogen-bond donors (Lipinski definition) is 2. The Labute approximate surface area is 323 Å². The van der Waals surface area contributed by atoms with Gasteiger partial charge < -0.3 is 38.0 Å². The monoisotopic (exact) mass is 758 g/mol. The molecule has 2 N–H and O–H groups in total. The van der Waals surface area contributed by atoms with Gasteiger partial charge in [0.05, 0.1) is 24.7 Å². The number of allylic oxidation sites excluding steroid dienone is 8. The maximum Gasteiger partial charge on any atom is 0.360 e. The fourth-order valence-corrected chi connectivity index (χ4v) is 5.68. The Morgan fingerprint density at radius 3 is 1.95 bits per heavy atom. The molecular weight excluding hydrogens is 704 g/mol. The fraction of sp³-hybridized carbons (Fsp3) is 0.442. The lowest BCUT2D eigenvalue weighted by molar-refractivity contribution is -0.0461. The number of oxazole rings is 2. The number of methoxy groups -OCH3 is 1. The molecule has 0 aliphatic carbocycles. The maximum absolute atomic E-state index is 13.3. The van der Waals surface area contributed by atoms with E-state index in [1.807, 2.05) is 96.2 Å². The van der Waals surface area contributed by atoms with Crippen LogP contribution >= 0.6 is 0 Å². The van der Waals surface area contributed by atoms with Crippen LogP contribution in [-0.4, -0.2) is 82.0 Å². The Hall–Kier alpha value is -4.88. The molecule has 2 aliphatic heterocycles. The second-order valence-electron chi connectivity index (χ2n) is 14.5. The minimum atomic E-state index is -0.880. The van der Waals surface area contributed by atoms with Crippen LogP contribution in [0.3, 0.4) is 0 Å². The van der Waals surface area contributed by atoms with Crippen molar-refractivity contribution in [2.45, 2.75) is 104 Å². The average molecular weight is 759 g/mol. The third-order valence-electron chi connectivity index (χ3n) is 9.64. The van der Waals surface area contributed by atoms with Crippen LogP contribution in [0.2, 0.25) is 0 Å². The lowest BCUT2D eigenvalue weighted by Gasteiger charge is -2.36. The highest BCUT2D eigenvalue weighted by Crippen LogP contribution is 2.34. The van der Waals surface area contributed by atoms with Gasteiger partial charge >= 0.3 is 11.9 Å². The van der Waals surface area contributed by atoms with Crippen LogP contribution in [0.5, 0.6) is 0 Å². The van der Waals surface area contributed by atoms with Crippen molar-refractivity contribution in [1.29, 1.82) is 0 Å². The Bertz CT molecular complexity index is 1800. The number of rotatable bonds is 7. The number of cyclic esters (lactones) is 2. The Morgan fingerprint density at radius 2 is 1.31 bits per heavy atom. The molecule has 5 unspecified atom stereocenters. The SMILES string of the molecule is C/C=C/C(O)C(C)(C)C1C\C=C/C=C/C=C/C(OC)Cc2nc(co2)C(=O)OC(C(C)(C)C(O)/C=C/C)C/C=C\[C@H]2O[C@H]2/C=C/C=C\c2nc(co2)C(=O)O1. The Morgan fingerprint density at radius 1 is 0.745 bits per heavy atom. The highest BCUT2D eigenvalue weighted by molar-refractivity contribution is 5.87. The molecule has 0 amide bonds. The first kappa shape index (κ1) is 42.9. The summed E-state index contributed by atoms with van der Waals surface area (Å²) < 4.78 is 34.3. The third-order valence-corrected chi connectivity index (χ3v) is 9.64. The van der Waals surface area contributed by atoms with E-state index in [-0.39, 0.29) is 35.9 Å². The van der Waals surface area contributed by atoms with Crippen LogP contribution in [0.1, 0.15) is 87.1 Å². The summed E-state index contributed by atoms with van der Waals surface area (Å²) in [5.41, 5.74) is -1.66. The molecular formula is C43H54N2O10. The zero-order chi connectivity index (χ0) is 40.0. The molecule has 4 bridgehead atoms. The number of aliphatic hydroxyl groups is 2. The van der Waals surface area contributed by atoms with Crippen molar-refractivity contribution in [3.63, 3.8) is 0 Å². The second kappa shape index (κ2) is 20.2. The average Bonchev–Trinajstić information content (AvgIpc) is 3.47. The number of hydrogen-bond acceptors (Lipinski definition) is 12.